The number of carboxylic acid groups (broad SMARTS) is 1. The average molecular weight is 269 g/mol. The molecule has 2 rings (SSSR count). The van der Waals surface area contributed by atoms with Crippen LogP contribution in [0.3, 0.4) is 0 Å². The Bertz CT molecular complexity index is 482. The van der Waals surface area contributed by atoms with Crippen molar-refractivity contribution in [1.29, 1.82) is 0 Å². The molecule has 0 aliphatic heterocycles. The smallest absolute Gasteiger partial charge is 0.407 e. The van der Waals surface area contributed by atoms with Gasteiger partial charge in [-0.15, -0.1) is 0 Å². The molecule has 0 unspecified atom stereocenters. The van der Waals surface area contributed by atoms with Crippen molar-refractivity contribution in [3.8, 4) is 0 Å². The Hall–Kier alpha value is -2.29. The lowest BCUT2D eigenvalue weighted by Gasteiger charge is -2.19. The van der Waals surface area contributed by atoms with E-state index >= 15 is 0 Å². The van der Waals surface area contributed by atoms with Gasteiger partial charge in [0.15, 0.2) is 0 Å². The number of nitrogens with zero attached hydrogens (tertiary/aromatic N) is 1. The Morgan fingerprint density at radius 1 is 0.800 bits per heavy atom. The maximum atomic E-state index is 11.3. The normalized spacial score (nSPS) is 10.2. The third-order valence-electron chi connectivity index (χ3n) is 3.30. The zero-order valence-corrected chi connectivity index (χ0v) is 11.4. The molecular formula is C17H19NO2. The molecule has 104 valence electrons. The van der Waals surface area contributed by atoms with Gasteiger partial charge in [-0.3, -0.25) is 0 Å². The fourth-order valence-electron chi connectivity index (χ4n) is 2.12. The summed E-state index contributed by atoms with van der Waals surface area (Å²) in [5, 5.41) is 9.26. The molecule has 2 aromatic carbocycles. The van der Waals surface area contributed by atoms with E-state index in [9.17, 15) is 9.90 Å². The third kappa shape index (κ3) is 4.43. The van der Waals surface area contributed by atoms with Gasteiger partial charge in [0.1, 0.15) is 0 Å². The van der Waals surface area contributed by atoms with Gasteiger partial charge in [0.05, 0.1) is 0 Å². The number of rotatable bonds is 6. The topological polar surface area (TPSA) is 40.5 Å². The van der Waals surface area contributed by atoms with Crippen molar-refractivity contribution < 1.29 is 9.90 Å². The third-order valence-corrected chi connectivity index (χ3v) is 3.30. The molecule has 0 heterocycles. The van der Waals surface area contributed by atoms with Gasteiger partial charge in [0, 0.05) is 13.1 Å². The minimum absolute atomic E-state index is 0.534. The van der Waals surface area contributed by atoms with Crippen LogP contribution in [0.1, 0.15) is 11.1 Å². The Morgan fingerprint density at radius 2 is 1.20 bits per heavy atom. The lowest BCUT2D eigenvalue weighted by molar-refractivity contribution is 0.146. The molecule has 0 atom stereocenters. The molecular weight excluding hydrogens is 250 g/mol. The molecule has 1 N–H and O–H groups in total. The number of benzene rings is 2. The van der Waals surface area contributed by atoms with Crippen LogP contribution in [0.5, 0.6) is 0 Å². The Labute approximate surface area is 119 Å². The Balaban J connectivity index is 1.86. The van der Waals surface area contributed by atoms with E-state index < -0.39 is 6.09 Å². The van der Waals surface area contributed by atoms with E-state index in [-0.39, 0.29) is 0 Å². The van der Waals surface area contributed by atoms with Crippen LogP contribution >= 0.6 is 0 Å². The van der Waals surface area contributed by atoms with Crippen LogP contribution in [0.2, 0.25) is 0 Å². The number of hydrogen-bond acceptors (Lipinski definition) is 1. The van der Waals surface area contributed by atoms with Gasteiger partial charge in [-0.2, -0.15) is 0 Å². The molecule has 0 aromatic heterocycles. The van der Waals surface area contributed by atoms with Crippen molar-refractivity contribution in [2.24, 2.45) is 0 Å². The van der Waals surface area contributed by atoms with Crippen molar-refractivity contribution in [2.75, 3.05) is 13.1 Å². The van der Waals surface area contributed by atoms with Crippen molar-refractivity contribution in [1.82, 2.24) is 4.90 Å². The fourth-order valence-corrected chi connectivity index (χ4v) is 2.12. The van der Waals surface area contributed by atoms with Crippen LogP contribution in [0.4, 0.5) is 4.79 Å². The minimum atomic E-state index is -0.850. The van der Waals surface area contributed by atoms with E-state index in [4.69, 9.17) is 0 Å². The molecule has 2 aromatic rings. The van der Waals surface area contributed by atoms with Crippen molar-refractivity contribution >= 4 is 6.09 Å². The van der Waals surface area contributed by atoms with Crippen LogP contribution < -0.4 is 0 Å². The van der Waals surface area contributed by atoms with Gasteiger partial charge >= 0.3 is 6.09 Å². The van der Waals surface area contributed by atoms with Gasteiger partial charge in [0.2, 0.25) is 0 Å². The van der Waals surface area contributed by atoms with E-state index in [2.05, 4.69) is 0 Å². The second-order valence-electron chi connectivity index (χ2n) is 4.74. The number of hydrogen-bond donors (Lipinski definition) is 1. The first kappa shape index (κ1) is 14.1. The minimum Gasteiger partial charge on any atom is -0.465 e. The largest absolute Gasteiger partial charge is 0.465 e. The summed E-state index contributed by atoms with van der Waals surface area (Å²) in [4.78, 5) is 12.8. The summed E-state index contributed by atoms with van der Waals surface area (Å²) >= 11 is 0. The van der Waals surface area contributed by atoms with Gasteiger partial charge < -0.3 is 10.0 Å². The van der Waals surface area contributed by atoms with Crippen molar-refractivity contribution in [3.05, 3.63) is 71.8 Å². The summed E-state index contributed by atoms with van der Waals surface area (Å²) in [6.07, 6.45) is 0.654. The highest BCUT2D eigenvalue weighted by Gasteiger charge is 2.11. The Kier molecular flexibility index (Phi) is 5.18. The monoisotopic (exact) mass is 269 g/mol. The molecule has 0 radical (unpaired) electrons. The van der Waals surface area contributed by atoms with E-state index in [0.717, 1.165) is 12.8 Å². The SMILES string of the molecule is O=C(O)N(CCc1ccccc1)CCc1ccccc1. The first-order valence-electron chi connectivity index (χ1n) is 6.81. The molecule has 0 bridgehead atoms. The second kappa shape index (κ2) is 7.34. The quantitative estimate of drug-likeness (QED) is 0.872. The van der Waals surface area contributed by atoms with Gasteiger partial charge in [-0.1, -0.05) is 60.7 Å². The lowest BCUT2D eigenvalue weighted by Crippen LogP contribution is -2.33. The fraction of sp³-hybridized carbons (Fsp3) is 0.235. The van der Waals surface area contributed by atoms with E-state index in [1.807, 2.05) is 60.7 Å². The van der Waals surface area contributed by atoms with Crippen molar-refractivity contribution in [2.45, 2.75) is 12.8 Å². The zero-order chi connectivity index (χ0) is 14.2. The molecule has 3 heteroatoms. The predicted octanol–water partition coefficient (Wildman–Crippen LogP) is 3.45. The molecule has 0 saturated heterocycles. The average Bonchev–Trinajstić information content (AvgIpc) is 2.49. The summed E-state index contributed by atoms with van der Waals surface area (Å²) in [5.74, 6) is 0. The highest BCUT2D eigenvalue weighted by atomic mass is 16.4. The summed E-state index contributed by atoms with van der Waals surface area (Å²) in [6.45, 7) is 1.07. The van der Waals surface area contributed by atoms with Crippen LogP contribution in [-0.4, -0.2) is 29.2 Å². The maximum Gasteiger partial charge on any atom is 0.407 e. The second-order valence-corrected chi connectivity index (χ2v) is 4.74. The number of carbonyl (C=O) groups is 1. The van der Waals surface area contributed by atoms with Gasteiger partial charge in [-0.25, -0.2) is 4.79 Å². The highest BCUT2D eigenvalue weighted by molar-refractivity contribution is 5.65. The first-order valence-corrected chi connectivity index (χ1v) is 6.81. The lowest BCUT2D eigenvalue weighted by atomic mass is 10.1. The van der Waals surface area contributed by atoms with Crippen LogP contribution in [-0.2, 0) is 12.8 Å². The zero-order valence-electron chi connectivity index (χ0n) is 11.4. The molecule has 0 fully saturated rings. The standard InChI is InChI=1S/C17H19NO2/c19-17(20)18(13-11-15-7-3-1-4-8-15)14-12-16-9-5-2-6-10-16/h1-10H,11-14H2,(H,19,20). The molecule has 3 nitrogen and oxygen atoms in total. The molecule has 0 aliphatic carbocycles. The van der Waals surface area contributed by atoms with Gasteiger partial charge in [0.25, 0.3) is 0 Å². The molecule has 0 spiro atoms. The molecule has 0 aliphatic rings. The summed E-state index contributed by atoms with van der Waals surface area (Å²) in [5.41, 5.74) is 2.33. The number of amides is 1. The molecule has 20 heavy (non-hydrogen) atoms. The van der Waals surface area contributed by atoms with Crippen LogP contribution in [0, 0.1) is 0 Å². The summed E-state index contributed by atoms with van der Waals surface area (Å²) < 4.78 is 0. The summed E-state index contributed by atoms with van der Waals surface area (Å²) in [7, 11) is 0. The summed E-state index contributed by atoms with van der Waals surface area (Å²) in [6, 6.07) is 19.9. The Morgan fingerprint density at radius 3 is 1.55 bits per heavy atom. The van der Waals surface area contributed by atoms with Gasteiger partial charge in [-0.05, 0) is 24.0 Å². The maximum absolute atomic E-state index is 11.3. The molecule has 0 saturated carbocycles. The predicted molar refractivity (Wildman–Crippen MR) is 79.9 cm³/mol. The van der Waals surface area contributed by atoms with E-state index in [1.165, 1.54) is 16.0 Å². The first-order chi connectivity index (χ1) is 9.75. The van der Waals surface area contributed by atoms with Crippen LogP contribution in [0.15, 0.2) is 60.7 Å². The highest BCUT2D eigenvalue weighted by Crippen LogP contribution is 2.05. The van der Waals surface area contributed by atoms with E-state index in [0.29, 0.717) is 13.1 Å². The van der Waals surface area contributed by atoms with E-state index in [1.54, 1.807) is 0 Å². The van der Waals surface area contributed by atoms with Crippen LogP contribution in [0.25, 0.3) is 0 Å². The van der Waals surface area contributed by atoms with Crippen molar-refractivity contribution in [3.63, 3.8) is 0 Å². The molecule has 1 amide bonds.